The van der Waals surface area contributed by atoms with Crippen LogP contribution < -0.4 is 0 Å². The summed E-state index contributed by atoms with van der Waals surface area (Å²) in [5, 5.41) is 0. The molecule has 1 saturated carbocycles. The molecule has 2 rings (SSSR count). The number of benzene rings is 1. The molecule has 0 radical (unpaired) electrons. The molecule has 0 nitrogen and oxygen atoms in total. The molecule has 0 spiro atoms. The molecule has 1 aliphatic rings. The van der Waals surface area contributed by atoms with Crippen LogP contribution in [0, 0.1) is 11.8 Å². The van der Waals surface area contributed by atoms with Gasteiger partial charge in [0.05, 0.1) is 0 Å². The minimum absolute atomic E-state index is 0.857. The van der Waals surface area contributed by atoms with E-state index in [2.05, 4.69) is 44.2 Å². The predicted octanol–water partition coefficient (Wildman–Crippen LogP) is 3.45. The summed E-state index contributed by atoms with van der Waals surface area (Å²) in [4.78, 5) is 0. The smallest absolute Gasteiger partial charge is 0.0128 e. The SMILES string of the molecule is CC(C)[C@H]1C[C@H]1c1ccccc1. The van der Waals surface area contributed by atoms with Crippen molar-refractivity contribution in [1.29, 1.82) is 0 Å². The van der Waals surface area contributed by atoms with Gasteiger partial charge in [-0.05, 0) is 29.7 Å². The number of hydrogen-bond acceptors (Lipinski definition) is 0. The zero-order chi connectivity index (χ0) is 8.55. The van der Waals surface area contributed by atoms with Crippen molar-refractivity contribution < 1.29 is 0 Å². The lowest BCUT2D eigenvalue weighted by Gasteiger charge is -2.02. The highest BCUT2D eigenvalue weighted by Crippen LogP contribution is 2.51. The lowest BCUT2D eigenvalue weighted by Crippen LogP contribution is -1.91. The molecule has 0 amide bonds. The van der Waals surface area contributed by atoms with Gasteiger partial charge in [0, 0.05) is 0 Å². The van der Waals surface area contributed by atoms with E-state index >= 15 is 0 Å². The molecule has 0 N–H and O–H groups in total. The molecule has 0 bridgehead atoms. The van der Waals surface area contributed by atoms with Gasteiger partial charge in [-0.1, -0.05) is 44.2 Å². The molecular weight excluding hydrogens is 144 g/mol. The molecule has 64 valence electrons. The Hall–Kier alpha value is -0.780. The normalized spacial score (nSPS) is 27.6. The quantitative estimate of drug-likeness (QED) is 0.621. The van der Waals surface area contributed by atoms with Crippen molar-refractivity contribution in [3.63, 3.8) is 0 Å². The first kappa shape index (κ1) is 7.85. The Balaban J connectivity index is 2.06. The van der Waals surface area contributed by atoms with Crippen molar-refractivity contribution in [2.75, 3.05) is 0 Å². The van der Waals surface area contributed by atoms with E-state index < -0.39 is 0 Å². The van der Waals surface area contributed by atoms with Crippen LogP contribution in [-0.2, 0) is 0 Å². The van der Waals surface area contributed by atoms with E-state index in [0.717, 1.165) is 17.8 Å². The van der Waals surface area contributed by atoms with E-state index in [-0.39, 0.29) is 0 Å². The summed E-state index contributed by atoms with van der Waals surface area (Å²) in [7, 11) is 0. The molecule has 0 saturated heterocycles. The van der Waals surface area contributed by atoms with Crippen LogP contribution in [0.2, 0.25) is 0 Å². The van der Waals surface area contributed by atoms with Crippen LogP contribution in [0.1, 0.15) is 31.7 Å². The van der Waals surface area contributed by atoms with E-state index in [4.69, 9.17) is 0 Å². The van der Waals surface area contributed by atoms with Crippen LogP contribution in [-0.4, -0.2) is 0 Å². The van der Waals surface area contributed by atoms with Gasteiger partial charge in [0.25, 0.3) is 0 Å². The predicted molar refractivity (Wildman–Crippen MR) is 52.1 cm³/mol. The summed E-state index contributed by atoms with van der Waals surface area (Å²) in [5.41, 5.74) is 1.54. The van der Waals surface area contributed by atoms with Crippen LogP contribution in [0.25, 0.3) is 0 Å². The maximum Gasteiger partial charge on any atom is -0.0128 e. The average Bonchev–Trinajstić information content (AvgIpc) is 2.84. The Morgan fingerprint density at radius 3 is 2.33 bits per heavy atom. The molecule has 1 aromatic carbocycles. The highest BCUT2D eigenvalue weighted by Gasteiger charge is 2.39. The maximum absolute atomic E-state index is 2.33. The van der Waals surface area contributed by atoms with Gasteiger partial charge in [-0.2, -0.15) is 0 Å². The molecule has 1 aromatic rings. The third-order valence-corrected chi connectivity index (χ3v) is 2.92. The first-order chi connectivity index (χ1) is 5.79. The molecule has 0 aromatic heterocycles. The van der Waals surface area contributed by atoms with E-state index in [1.54, 1.807) is 0 Å². The van der Waals surface area contributed by atoms with Crippen LogP contribution in [0.4, 0.5) is 0 Å². The van der Waals surface area contributed by atoms with Crippen molar-refractivity contribution in [2.24, 2.45) is 11.8 Å². The second kappa shape index (κ2) is 2.93. The Morgan fingerprint density at radius 1 is 1.17 bits per heavy atom. The van der Waals surface area contributed by atoms with E-state index in [0.29, 0.717) is 0 Å². The van der Waals surface area contributed by atoms with Crippen molar-refractivity contribution in [3.05, 3.63) is 35.9 Å². The molecule has 2 atom stereocenters. The van der Waals surface area contributed by atoms with E-state index in [1.807, 2.05) is 0 Å². The first-order valence-corrected chi connectivity index (χ1v) is 4.84. The zero-order valence-electron chi connectivity index (χ0n) is 7.83. The van der Waals surface area contributed by atoms with Crippen molar-refractivity contribution in [3.8, 4) is 0 Å². The topological polar surface area (TPSA) is 0 Å². The molecule has 1 fully saturated rings. The Labute approximate surface area is 74.6 Å². The van der Waals surface area contributed by atoms with Gasteiger partial charge in [-0.3, -0.25) is 0 Å². The lowest BCUT2D eigenvalue weighted by molar-refractivity contribution is 0.549. The van der Waals surface area contributed by atoms with E-state index in [1.165, 1.54) is 12.0 Å². The number of rotatable bonds is 2. The fraction of sp³-hybridized carbons (Fsp3) is 0.500. The summed E-state index contributed by atoms with van der Waals surface area (Å²) >= 11 is 0. The van der Waals surface area contributed by atoms with Gasteiger partial charge in [0.15, 0.2) is 0 Å². The van der Waals surface area contributed by atoms with Crippen molar-refractivity contribution in [2.45, 2.75) is 26.2 Å². The van der Waals surface area contributed by atoms with Gasteiger partial charge in [0.1, 0.15) is 0 Å². The standard InChI is InChI=1S/C12H16/c1-9(2)11-8-12(11)10-6-4-3-5-7-10/h3-7,9,11-12H,8H2,1-2H3/t11-,12+/m1/s1. The van der Waals surface area contributed by atoms with Crippen LogP contribution in [0.5, 0.6) is 0 Å². The molecule has 1 aliphatic carbocycles. The summed E-state index contributed by atoms with van der Waals surface area (Å²) in [6.07, 6.45) is 1.40. The molecule has 0 unspecified atom stereocenters. The van der Waals surface area contributed by atoms with Gasteiger partial charge >= 0.3 is 0 Å². The average molecular weight is 160 g/mol. The van der Waals surface area contributed by atoms with Crippen LogP contribution in [0.3, 0.4) is 0 Å². The highest BCUT2D eigenvalue weighted by atomic mass is 14.4. The van der Waals surface area contributed by atoms with Crippen molar-refractivity contribution >= 4 is 0 Å². The molecule has 0 heteroatoms. The summed E-state index contributed by atoms with van der Waals surface area (Å²) in [6.45, 7) is 4.65. The molecular formula is C12H16. The van der Waals surface area contributed by atoms with Gasteiger partial charge in [-0.25, -0.2) is 0 Å². The maximum atomic E-state index is 2.33. The number of hydrogen-bond donors (Lipinski definition) is 0. The minimum Gasteiger partial charge on any atom is -0.0625 e. The minimum atomic E-state index is 0.857. The lowest BCUT2D eigenvalue weighted by atomic mass is 10.0. The Bertz CT molecular complexity index is 248. The third kappa shape index (κ3) is 1.38. The first-order valence-electron chi connectivity index (χ1n) is 4.84. The summed E-state index contributed by atoms with van der Waals surface area (Å²) in [5.74, 6) is 2.67. The summed E-state index contributed by atoms with van der Waals surface area (Å²) < 4.78 is 0. The fourth-order valence-electron chi connectivity index (χ4n) is 2.03. The van der Waals surface area contributed by atoms with E-state index in [9.17, 15) is 0 Å². The second-order valence-corrected chi connectivity index (χ2v) is 4.16. The van der Waals surface area contributed by atoms with Gasteiger partial charge < -0.3 is 0 Å². The van der Waals surface area contributed by atoms with Crippen LogP contribution in [0.15, 0.2) is 30.3 Å². The fourth-order valence-corrected chi connectivity index (χ4v) is 2.03. The van der Waals surface area contributed by atoms with Gasteiger partial charge in [0.2, 0.25) is 0 Å². The monoisotopic (exact) mass is 160 g/mol. The Kier molecular flexibility index (Phi) is 1.92. The van der Waals surface area contributed by atoms with Crippen LogP contribution >= 0.6 is 0 Å². The largest absolute Gasteiger partial charge is 0.0625 e. The van der Waals surface area contributed by atoms with Gasteiger partial charge in [-0.15, -0.1) is 0 Å². The zero-order valence-corrected chi connectivity index (χ0v) is 7.83. The Morgan fingerprint density at radius 2 is 1.83 bits per heavy atom. The molecule has 12 heavy (non-hydrogen) atoms. The second-order valence-electron chi connectivity index (χ2n) is 4.16. The van der Waals surface area contributed by atoms with Crippen molar-refractivity contribution in [1.82, 2.24) is 0 Å². The molecule has 0 heterocycles. The summed E-state index contributed by atoms with van der Waals surface area (Å²) in [6, 6.07) is 10.9. The highest BCUT2D eigenvalue weighted by molar-refractivity contribution is 5.25. The third-order valence-electron chi connectivity index (χ3n) is 2.92. The molecule has 0 aliphatic heterocycles.